The Labute approximate surface area is 232 Å². The average Bonchev–Trinajstić information content (AvgIpc) is 3.69. The van der Waals surface area contributed by atoms with Crippen LogP contribution in [0.2, 0.25) is 0 Å². The number of anilines is 1. The van der Waals surface area contributed by atoms with Crippen molar-refractivity contribution in [2.24, 2.45) is 0 Å². The molecule has 3 N–H and O–H groups in total. The average molecular weight is 537 g/mol. The Morgan fingerprint density at radius 1 is 1.13 bits per heavy atom. The van der Waals surface area contributed by atoms with E-state index in [1.165, 1.54) is 5.56 Å². The quantitative estimate of drug-likeness (QED) is 0.273. The third-order valence-corrected chi connectivity index (χ3v) is 7.96. The van der Waals surface area contributed by atoms with Crippen LogP contribution in [0.3, 0.4) is 0 Å². The van der Waals surface area contributed by atoms with E-state index in [9.17, 15) is 14.7 Å². The van der Waals surface area contributed by atoms with Gasteiger partial charge in [-0.1, -0.05) is 36.4 Å². The van der Waals surface area contributed by atoms with Gasteiger partial charge in [-0.05, 0) is 89.0 Å². The van der Waals surface area contributed by atoms with Crippen LogP contribution in [0.15, 0.2) is 42.5 Å². The van der Waals surface area contributed by atoms with Crippen molar-refractivity contribution in [3.05, 3.63) is 59.3 Å². The van der Waals surface area contributed by atoms with E-state index in [1.54, 1.807) is 6.92 Å². The summed E-state index contributed by atoms with van der Waals surface area (Å²) in [5.41, 5.74) is 3.30. The number of hydrogen-bond donors (Lipinski definition) is 3. The Hall–Kier alpha value is -2.97. The number of nitrogens with zero attached hydrogens (tertiary/aromatic N) is 2. The number of benzene rings is 1. The minimum Gasteiger partial charge on any atom is -0.480 e. The molecule has 1 aliphatic carbocycles. The fourth-order valence-electron chi connectivity index (χ4n) is 4.99. The predicted octanol–water partition coefficient (Wildman–Crippen LogP) is 4.40. The molecule has 2 heterocycles. The van der Waals surface area contributed by atoms with Gasteiger partial charge in [-0.15, -0.1) is 0 Å². The number of rotatable bonds is 16. The molecule has 1 aromatic carbocycles. The lowest BCUT2D eigenvalue weighted by molar-refractivity contribution is -0.142. The van der Waals surface area contributed by atoms with Crippen molar-refractivity contribution in [3.63, 3.8) is 0 Å². The van der Waals surface area contributed by atoms with E-state index < -0.39 is 17.9 Å². The molecule has 0 radical (unpaired) electrons. The largest absolute Gasteiger partial charge is 0.480 e. The lowest BCUT2D eigenvalue weighted by Crippen LogP contribution is -2.45. The minimum atomic E-state index is -1.00. The number of aromatic nitrogens is 1. The number of amides is 1. The lowest BCUT2D eigenvalue weighted by Gasteiger charge is -2.25. The zero-order valence-electron chi connectivity index (χ0n) is 23.5. The molecule has 1 aliphatic heterocycles. The number of hydrogen-bond acceptors (Lipinski definition) is 6. The van der Waals surface area contributed by atoms with Crippen molar-refractivity contribution in [1.82, 2.24) is 15.2 Å². The standard InChI is InChI=1S/C31H44N4O4/c1-23(24-9-4-3-5-10-24)29(36)34-27(30(37)38)15-20-35(21-22-39-31(2)16-17-31)19-7-6-12-26-14-13-25-11-8-18-32-28(25)33-26/h3-5,9-10,13-14,23,27H,6-8,11-12,15-22H2,1-2H3,(H,32,33)(H,34,36)(H,37,38)/t23-,27-/m0/s1. The van der Waals surface area contributed by atoms with Crippen molar-refractivity contribution in [2.75, 3.05) is 38.1 Å². The number of ether oxygens (including phenoxy) is 1. The fourth-order valence-corrected chi connectivity index (χ4v) is 4.99. The maximum atomic E-state index is 12.8. The second kappa shape index (κ2) is 13.9. The molecule has 8 heteroatoms. The molecule has 212 valence electrons. The van der Waals surface area contributed by atoms with E-state index in [2.05, 4.69) is 34.6 Å². The summed E-state index contributed by atoms with van der Waals surface area (Å²) in [4.78, 5) is 31.9. The third kappa shape index (κ3) is 9.04. The van der Waals surface area contributed by atoms with Crippen LogP contribution < -0.4 is 10.6 Å². The molecule has 39 heavy (non-hydrogen) atoms. The summed E-state index contributed by atoms with van der Waals surface area (Å²) in [6, 6.07) is 12.9. The summed E-state index contributed by atoms with van der Waals surface area (Å²) in [6.07, 6.45) is 7.71. The van der Waals surface area contributed by atoms with Crippen molar-refractivity contribution >= 4 is 17.7 Å². The van der Waals surface area contributed by atoms with E-state index in [0.717, 1.165) is 81.7 Å². The first-order valence-electron chi connectivity index (χ1n) is 14.5. The Kier molecular flexibility index (Phi) is 10.3. The minimum absolute atomic E-state index is 0.0168. The van der Waals surface area contributed by atoms with Crippen LogP contribution in [-0.4, -0.2) is 71.3 Å². The first-order chi connectivity index (χ1) is 18.8. The first-order valence-corrected chi connectivity index (χ1v) is 14.5. The summed E-state index contributed by atoms with van der Waals surface area (Å²) in [6.45, 7) is 7.74. The second-order valence-electron chi connectivity index (χ2n) is 11.3. The molecule has 1 fully saturated rings. The smallest absolute Gasteiger partial charge is 0.326 e. The van der Waals surface area contributed by atoms with Crippen LogP contribution in [-0.2, 0) is 27.2 Å². The van der Waals surface area contributed by atoms with Crippen LogP contribution in [0.1, 0.15) is 75.1 Å². The number of carboxylic acid groups (broad SMARTS) is 1. The van der Waals surface area contributed by atoms with Gasteiger partial charge >= 0.3 is 5.97 Å². The van der Waals surface area contributed by atoms with Gasteiger partial charge in [0.25, 0.3) is 0 Å². The Balaban J connectivity index is 1.27. The molecular weight excluding hydrogens is 492 g/mol. The summed E-state index contributed by atoms with van der Waals surface area (Å²) in [5, 5.41) is 16.0. The lowest BCUT2D eigenvalue weighted by atomic mass is 10.00. The van der Waals surface area contributed by atoms with Gasteiger partial charge in [-0.3, -0.25) is 4.79 Å². The highest BCUT2D eigenvalue weighted by molar-refractivity contribution is 5.87. The first kappa shape index (κ1) is 29.0. The molecule has 8 nitrogen and oxygen atoms in total. The van der Waals surface area contributed by atoms with Crippen molar-refractivity contribution in [2.45, 2.75) is 82.8 Å². The molecule has 1 saturated carbocycles. The summed E-state index contributed by atoms with van der Waals surface area (Å²) >= 11 is 0. The number of unbranched alkanes of at least 4 members (excludes halogenated alkanes) is 1. The summed E-state index contributed by atoms with van der Waals surface area (Å²) < 4.78 is 6.05. The third-order valence-electron chi connectivity index (χ3n) is 7.96. The predicted molar refractivity (Wildman–Crippen MR) is 153 cm³/mol. The topological polar surface area (TPSA) is 104 Å². The second-order valence-corrected chi connectivity index (χ2v) is 11.3. The number of aliphatic carboxylic acids is 1. The highest BCUT2D eigenvalue weighted by atomic mass is 16.5. The van der Waals surface area contributed by atoms with Crippen LogP contribution in [0, 0.1) is 0 Å². The molecule has 0 saturated heterocycles. The molecule has 2 aliphatic rings. The Morgan fingerprint density at radius 2 is 1.92 bits per heavy atom. The molecule has 2 atom stereocenters. The zero-order valence-corrected chi connectivity index (χ0v) is 23.5. The van der Waals surface area contributed by atoms with Crippen LogP contribution in [0.5, 0.6) is 0 Å². The number of aryl methyl sites for hydroxylation is 2. The number of fused-ring (bicyclic) bond motifs is 1. The Morgan fingerprint density at radius 3 is 2.67 bits per heavy atom. The van der Waals surface area contributed by atoms with Gasteiger partial charge < -0.3 is 25.4 Å². The SMILES string of the molecule is C[C@H](C(=O)N[C@@H](CCN(CCCCc1ccc2c(n1)NCCC2)CCOC1(C)CC1)C(=O)O)c1ccccc1. The monoisotopic (exact) mass is 536 g/mol. The number of carboxylic acids is 1. The molecule has 0 bridgehead atoms. The summed E-state index contributed by atoms with van der Waals surface area (Å²) in [5.74, 6) is -0.645. The molecule has 1 aromatic heterocycles. The van der Waals surface area contributed by atoms with E-state index >= 15 is 0 Å². The van der Waals surface area contributed by atoms with E-state index in [0.29, 0.717) is 19.6 Å². The van der Waals surface area contributed by atoms with Crippen molar-refractivity contribution < 1.29 is 19.4 Å². The number of carbonyl (C=O) groups excluding carboxylic acids is 1. The highest BCUT2D eigenvalue weighted by Crippen LogP contribution is 2.38. The number of nitrogens with one attached hydrogen (secondary N) is 2. The van der Waals surface area contributed by atoms with Gasteiger partial charge in [0.15, 0.2) is 0 Å². The van der Waals surface area contributed by atoms with Gasteiger partial charge in [-0.25, -0.2) is 9.78 Å². The van der Waals surface area contributed by atoms with Gasteiger partial charge in [0.1, 0.15) is 11.9 Å². The van der Waals surface area contributed by atoms with Gasteiger partial charge in [-0.2, -0.15) is 0 Å². The Bertz CT molecular complexity index is 1090. The van der Waals surface area contributed by atoms with Crippen LogP contribution in [0.4, 0.5) is 5.82 Å². The molecule has 0 unspecified atom stereocenters. The van der Waals surface area contributed by atoms with E-state index in [-0.39, 0.29) is 11.5 Å². The van der Waals surface area contributed by atoms with Crippen molar-refractivity contribution in [1.29, 1.82) is 0 Å². The van der Waals surface area contributed by atoms with Crippen molar-refractivity contribution in [3.8, 4) is 0 Å². The number of carbonyl (C=O) groups is 2. The maximum absolute atomic E-state index is 12.8. The molecule has 1 amide bonds. The maximum Gasteiger partial charge on any atom is 0.326 e. The van der Waals surface area contributed by atoms with E-state index in [1.807, 2.05) is 30.3 Å². The summed E-state index contributed by atoms with van der Waals surface area (Å²) in [7, 11) is 0. The normalized spacial score (nSPS) is 17.1. The van der Waals surface area contributed by atoms with Crippen LogP contribution >= 0.6 is 0 Å². The zero-order chi connectivity index (χ0) is 27.7. The molecule has 4 rings (SSSR count). The van der Waals surface area contributed by atoms with E-state index in [4.69, 9.17) is 9.72 Å². The molecular formula is C31H44N4O4. The van der Waals surface area contributed by atoms with Gasteiger partial charge in [0.05, 0.1) is 18.1 Å². The van der Waals surface area contributed by atoms with Gasteiger partial charge in [0.2, 0.25) is 5.91 Å². The molecule has 0 spiro atoms. The fraction of sp³-hybridized carbons (Fsp3) is 0.581. The van der Waals surface area contributed by atoms with Crippen LogP contribution in [0.25, 0.3) is 0 Å². The molecule has 2 aromatic rings. The van der Waals surface area contributed by atoms with Gasteiger partial charge in [0, 0.05) is 25.3 Å². The number of pyridine rings is 1. The highest BCUT2D eigenvalue weighted by Gasteiger charge is 2.38.